The standard InChI is InChI=1S/C25H30N6O3/c1-2-18-12-22-23(29-24(18)32)11-17(13-26-22)15-30-6-8-31(9-7-30)20-3-4-21(27-14-20)25(33)28-19-5-10-34-16-19/h3-4,11-14,19H,2,5-10,15-16H2,1H3,(H,28,33)(H,29,32)/t19-/m1/s1/i15D2. The summed E-state index contributed by atoms with van der Waals surface area (Å²) in [6, 6.07) is 7.08. The van der Waals surface area contributed by atoms with Crippen molar-refractivity contribution in [2.24, 2.45) is 0 Å². The minimum absolute atomic E-state index is 0.0360. The predicted octanol–water partition coefficient (Wildman–Crippen LogP) is 1.72. The number of ether oxygens (including phenoxy) is 1. The molecule has 2 N–H and O–H groups in total. The van der Waals surface area contributed by atoms with Crippen molar-refractivity contribution in [2.75, 3.05) is 44.3 Å². The molecule has 2 fully saturated rings. The van der Waals surface area contributed by atoms with Crippen molar-refractivity contribution in [3.63, 3.8) is 0 Å². The summed E-state index contributed by atoms with van der Waals surface area (Å²) < 4.78 is 22.9. The number of aryl methyl sites for hydroxylation is 1. The van der Waals surface area contributed by atoms with E-state index in [2.05, 4.69) is 25.2 Å². The number of hydrogen-bond acceptors (Lipinski definition) is 7. The van der Waals surface area contributed by atoms with Crippen LogP contribution in [0.25, 0.3) is 11.0 Å². The summed E-state index contributed by atoms with van der Waals surface area (Å²) in [5.41, 5.74) is 3.36. The van der Waals surface area contributed by atoms with Gasteiger partial charge in [-0.15, -0.1) is 0 Å². The molecule has 2 aliphatic rings. The van der Waals surface area contributed by atoms with E-state index in [9.17, 15) is 9.59 Å². The van der Waals surface area contributed by atoms with Crippen LogP contribution in [0.2, 0.25) is 0 Å². The third-order valence-electron chi connectivity index (χ3n) is 6.33. The first-order valence-electron chi connectivity index (χ1n) is 12.7. The molecular formula is C25H30N6O3. The lowest BCUT2D eigenvalue weighted by Crippen LogP contribution is -2.46. The van der Waals surface area contributed by atoms with E-state index >= 15 is 0 Å². The lowest BCUT2D eigenvalue weighted by molar-refractivity contribution is 0.0925. The molecule has 5 heterocycles. The van der Waals surface area contributed by atoms with E-state index in [1.807, 2.05) is 13.0 Å². The van der Waals surface area contributed by atoms with Gasteiger partial charge in [-0.3, -0.25) is 19.5 Å². The number of nitrogens with one attached hydrogen (secondary N) is 2. The van der Waals surface area contributed by atoms with Crippen molar-refractivity contribution < 1.29 is 12.3 Å². The summed E-state index contributed by atoms with van der Waals surface area (Å²) in [7, 11) is 0. The van der Waals surface area contributed by atoms with Gasteiger partial charge < -0.3 is 19.9 Å². The van der Waals surface area contributed by atoms with E-state index < -0.39 is 6.50 Å². The van der Waals surface area contributed by atoms with E-state index in [0.717, 1.165) is 12.1 Å². The first kappa shape index (κ1) is 20.1. The predicted molar refractivity (Wildman–Crippen MR) is 130 cm³/mol. The van der Waals surface area contributed by atoms with Crippen LogP contribution in [0, 0.1) is 0 Å². The van der Waals surface area contributed by atoms with Crippen LogP contribution in [0.4, 0.5) is 5.69 Å². The van der Waals surface area contributed by atoms with Gasteiger partial charge in [-0.2, -0.15) is 0 Å². The van der Waals surface area contributed by atoms with E-state index in [-0.39, 0.29) is 17.5 Å². The van der Waals surface area contributed by atoms with E-state index in [0.29, 0.717) is 73.7 Å². The minimum atomic E-state index is -1.74. The highest BCUT2D eigenvalue weighted by Crippen LogP contribution is 2.18. The number of pyridine rings is 3. The van der Waals surface area contributed by atoms with Gasteiger partial charge in [-0.1, -0.05) is 6.92 Å². The summed E-state index contributed by atoms with van der Waals surface area (Å²) >= 11 is 0. The van der Waals surface area contributed by atoms with E-state index in [1.54, 1.807) is 35.5 Å². The molecule has 0 aliphatic carbocycles. The van der Waals surface area contributed by atoms with Crippen LogP contribution in [0.3, 0.4) is 0 Å². The second-order valence-corrected chi connectivity index (χ2v) is 8.66. The summed E-state index contributed by atoms with van der Waals surface area (Å²) in [5, 5.41) is 2.94. The molecule has 3 aromatic rings. The Kier molecular flexibility index (Phi) is 5.86. The average Bonchev–Trinajstić information content (AvgIpc) is 3.41. The minimum Gasteiger partial charge on any atom is -0.379 e. The number of H-pyrrole nitrogens is 1. The number of anilines is 1. The Morgan fingerprint density at radius 1 is 1.24 bits per heavy atom. The zero-order valence-electron chi connectivity index (χ0n) is 21.2. The van der Waals surface area contributed by atoms with Crippen LogP contribution in [0.15, 0.2) is 41.5 Å². The average molecular weight is 465 g/mol. The molecule has 0 spiro atoms. The summed E-state index contributed by atoms with van der Waals surface area (Å²) in [5.74, 6) is -0.202. The molecule has 0 unspecified atom stereocenters. The maximum atomic E-state index is 12.4. The zero-order chi connectivity index (χ0) is 25.3. The number of carbonyl (C=O) groups excluding carboxylic acids is 1. The number of piperazine rings is 1. The van der Waals surface area contributed by atoms with Gasteiger partial charge in [0.2, 0.25) is 0 Å². The van der Waals surface area contributed by atoms with Gasteiger partial charge in [0.1, 0.15) is 5.69 Å². The maximum absolute atomic E-state index is 12.4. The van der Waals surface area contributed by atoms with Crippen molar-refractivity contribution >= 4 is 22.6 Å². The Morgan fingerprint density at radius 3 is 2.79 bits per heavy atom. The van der Waals surface area contributed by atoms with Crippen LogP contribution in [0.1, 0.15) is 37.7 Å². The number of hydrogen-bond donors (Lipinski definition) is 2. The number of amides is 1. The number of rotatable bonds is 6. The molecule has 1 amide bonds. The molecular weight excluding hydrogens is 432 g/mol. The molecule has 2 aliphatic heterocycles. The number of carbonyl (C=O) groups is 1. The highest BCUT2D eigenvalue weighted by molar-refractivity contribution is 5.92. The van der Waals surface area contributed by atoms with Gasteiger partial charge >= 0.3 is 0 Å². The molecule has 0 bridgehead atoms. The summed E-state index contributed by atoms with van der Waals surface area (Å²) in [6.07, 6.45) is 4.67. The first-order valence-corrected chi connectivity index (χ1v) is 11.7. The van der Waals surface area contributed by atoms with Gasteiger partial charge in [0.15, 0.2) is 0 Å². The molecule has 1 atom stereocenters. The highest BCUT2D eigenvalue weighted by atomic mass is 16.5. The molecule has 0 saturated carbocycles. The lowest BCUT2D eigenvalue weighted by atomic mass is 10.1. The molecule has 9 nitrogen and oxygen atoms in total. The van der Waals surface area contributed by atoms with Crippen molar-refractivity contribution in [1.29, 1.82) is 0 Å². The maximum Gasteiger partial charge on any atom is 0.270 e. The second kappa shape index (κ2) is 9.90. The fourth-order valence-corrected chi connectivity index (χ4v) is 4.32. The second-order valence-electron chi connectivity index (χ2n) is 8.66. The Labute approximate surface area is 201 Å². The van der Waals surface area contributed by atoms with Crippen LogP contribution in [-0.4, -0.2) is 71.2 Å². The molecule has 0 aromatic carbocycles. The van der Waals surface area contributed by atoms with E-state index in [4.69, 9.17) is 7.48 Å². The van der Waals surface area contributed by atoms with Gasteiger partial charge in [0.25, 0.3) is 11.5 Å². The Morgan fingerprint density at radius 2 is 2.09 bits per heavy atom. The Balaban J connectivity index is 1.23. The van der Waals surface area contributed by atoms with Crippen molar-refractivity contribution in [2.45, 2.75) is 32.3 Å². The number of fused-ring (bicyclic) bond motifs is 1. The third-order valence-corrected chi connectivity index (χ3v) is 6.33. The molecule has 0 radical (unpaired) electrons. The Hall–Kier alpha value is -3.30. The number of aromatic nitrogens is 3. The van der Waals surface area contributed by atoms with Gasteiger partial charge in [0, 0.05) is 53.8 Å². The molecule has 3 aromatic heterocycles. The van der Waals surface area contributed by atoms with Crippen LogP contribution in [0.5, 0.6) is 0 Å². The van der Waals surface area contributed by atoms with Crippen LogP contribution < -0.4 is 15.8 Å². The molecule has 34 heavy (non-hydrogen) atoms. The SMILES string of the molecule is [2H]C([2H])(c1cnc2cc(CC)c(=O)[nH]c2c1)N1CCN(c2ccc(C(=O)N[C@@H]3CCOC3)nc2)CC1. The van der Waals surface area contributed by atoms with Crippen LogP contribution >= 0.6 is 0 Å². The highest BCUT2D eigenvalue weighted by Gasteiger charge is 2.21. The molecule has 178 valence electrons. The number of aromatic amines is 1. The molecule has 2 saturated heterocycles. The monoisotopic (exact) mass is 464 g/mol. The van der Waals surface area contributed by atoms with Gasteiger partial charge in [-0.05, 0) is 42.7 Å². The fourth-order valence-electron chi connectivity index (χ4n) is 4.32. The Bertz CT molecular complexity index is 1300. The molecule has 5 rings (SSSR count). The quantitative estimate of drug-likeness (QED) is 0.573. The number of nitrogens with zero attached hydrogens (tertiary/aromatic N) is 4. The molecule has 9 heteroatoms. The first-order chi connectivity index (χ1) is 17.3. The zero-order valence-corrected chi connectivity index (χ0v) is 19.2. The van der Waals surface area contributed by atoms with E-state index in [1.165, 1.54) is 0 Å². The third kappa shape index (κ3) is 4.95. The summed E-state index contributed by atoms with van der Waals surface area (Å²) in [6.45, 7) is 3.61. The smallest absolute Gasteiger partial charge is 0.270 e. The van der Waals surface area contributed by atoms with Crippen LogP contribution in [-0.2, 0) is 17.7 Å². The van der Waals surface area contributed by atoms with Crippen molar-refractivity contribution in [1.82, 2.24) is 25.2 Å². The lowest BCUT2D eigenvalue weighted by Gasteiger charge is -2.36. The van der Waals surface area contributed by atoms with Crippen molar-refractivity contribution in [3.8, 4) is 0 Å². The van der Waals surface area contributed by atoms with Crippen molar-refractivity contribution in [3.05, 3.63) is 63.8 Å². The van der Waals surface area contributed by atoms with Gasteiger partial charge in [0.05, 0.1) is 35.6 Å². The fraction of sp³-hybridized carbons (Fsp3) is 0.440. The largest absolute Gasteiger partial charge is 0.379 e. The van der Waals surface area contributed by atoms with Gasteiger partial charge in [-0.25, -0.2) is 4.98 Å². The topological polar surface area (TPSA) is 103 Å². The normalized spacial score (nSPS) is 20.3. The summed E-state index contributed by atoms with van der Waals surface area (Å²) in [4.78, 5) is 40.1.